The van der Waals surface area contributed by atoms with Gasteiger partial charge in [-0.2, -0.15) is 0 Å². The van der Waals surface area contributed by atoms with Crippen molar-refractivity contribution in [1.29, 1.82) is 0 Å². The predicted octanol–water partition coefficient (Wildman–Crippen LogP) is 1.79. The zero-order chi connectivity index (χ0) is 13.2. The van der Waals surface area contributed by atoms with Gasteiger partial charge in [0.05, 0.1) is 5.56 Å². The summed E-state index contributed by atoms with van der Waals surface area (Å²) < 4.78 is 5.61. The van der Waals surface area contributed by atoms with Crippen molar-refractivity contribution in [2.24, 2.45) is 0 Å². The van der Waals surface area contributed by atoms with Gasteiger partial charge in [-0.05, 0) is 25.7 Å². The number of ether oxygens (including phenoxy) is 1. The Balaban J connectivity index is 2.52. The fraction of sp³-hybridized carbons (Fsp3) is 0.692. The quantitative estimate of drug-likeness (QED) is 0.856. The molecule has 1 aromatic heterocycles. The monoisotopic (exact) mass is 251 g/mol. The Morgan fingerprint density at radius 1 is 1.39 bits per heavy atom. The molecule has 0 spiro atoms. The molecule has 0 atom stereocenters. The Morgan fingerprint density at radius 2 is 2.11 bits per heavy atom. The molecule has 0 amide bonds. The van der Waals surface area contributed by atoms with Crippen LogP contribution >= 0.6 is 0 Å². The van der Waals surface area contributed by atoms with Gasteiger partial charge in [-0.25, -0.2) is 4.98 Å². The summed E-state index contributed by atoms with van der Waals surface area (Å²) in [4.78, 5) is 19.6. The molecule has 100 valence electrons. The van der Waals surface area contributed by atoms with Gasteiger partial charge in [0.25, 0.3) is 5.56 Å². The van der Waals surface area contributed by atoms with Crippen molar-refractivity contribution in [2.75, 3.05) is 19.0 Å². The van der Waals surface area contributed by atoms with Crippen LogP contribution in [0.2, 0.25) is 0 Å². The zero-order valence-corrected chi connectivity index (χ0v) is 11.3. The second kappa shape index (κ2) is 5.10. The van der Waals surface area contributed by atoms with Gasteiger partial charge in [-0.15, -0.1) is 0 Å². The maximum atomic E-state index is 12.1. The van der Waals surface area contributed by atoms with E-state index in [9.17, 15) is 4.79 Å². The van der Waals surface area contributed by atoms with Crippen LogP contribution in [0.5, 0.6) is 0 Å². The number of nitrogens with zero attached hydrogens (tertiary/aromatic N) is 1. The third-order valence-electron chi connectivity index (χ3n) is 3.88. The lowest BCUT2D eigenvalue weighted by atomic mass is 9.95. The van der Waals surface area contributed by atoms with Crippen LogP contribution in [0, 0.1) is 0 Å². The second-order valence-electron chi connectivity index (χ2n) is 4.68. The second-order valence-corrected chi connectivity index (χ2v) is 4.68. The SMILES string of the molecule is CCC(CC)(OC)c1nc2c(c(=O)[nH]1)CCCN2. The van der Waals surface area contributed by atoms with Gasteiger partial charge in [0.1, 0.15) is 17.2 Å². The Morgan fingerprint density at radius 3 is 2.72 bits per heavy atom. The van der Waals surface area contributed by atoms with E-state index in [4.69, 9.17) is 4.74 Å². The third-order valence-corrected chi connectivity index (χ3v) is 3.88. The number of rotatable bonds is 4. The fourth-order valence-electron chi connectivity index (χ4n) is 2.53. The number of anilines is 1. The average molecular weight is 251 g/mol. The predicted molar refractivity (Wildman–Crippen MR) is 70.9 cm³/mol. The van der Waals surface area contributed by atoms with E-state index >= 15 is 0 Å². The number of aromatic amines is 1. The summed E-state index contributed by atoms with van der Waals surface area (Å²) in [7, 11) is 1.67. The number of hydrogen-bond donors (Lipinski definition) is 2. The highest BCUT2D eigenvalue weighted by molar-refractivity contribution is 5.45. The maximum absolute atomic E-state index is 12.1. The van der Waals surface area contributed by atoms with Crippen molar-refractivity contribution in [2.45, 2.75) is 45.1 Å². The Bertz CT molecular complexity index is 469. The Hall–Kier alpha value is -1.36. The first kappa shape index (κ1) is 13.1. The van der Waals surface area contributed by atoms with Crippen LogP contribution in [0.4, 0.5) is 5.82 Å². The lowest BCUT2D eigenvalue weighted by Crippen LogP contribution is -2.34. The molecule has 0 aliphatic carbocycles. The largest absolute Gasteiger partial charge is 0.370 e. The van der Waals surface area contributed by atoms with Crippen LogP contribution in [0.15, 0.2) is 4.79 Å². The molecule has 0 saturated carbocycles. The molecule has 5 heteroatoms. The third kappa shape index (κ3) is 2.03. The molecular weight excluding hydrogens is 230 g/mol. The first-order valence-corrected chi connectivity index (χ1v) is 6.59. The molecule has 0 aromatic carbocycles. The van der Waals surface area contributed by atoms with E-state index < -0.39 is 5.60 Å². The highest BCUT2D eigenvalue weighted by Crippen LogP contribution is 2.30. The molecule has 0 fully saturated rings. The molecule has 2 rings (SSSR count). The van der Waals surface area contributed by atoms with Gasteiger partial charge < -0.3 is 15.0 Å². The van der Waals surface area contributed by atoms with E-state index in [1.54, 1.807) is 7.11 Å². The van der Waals surface area contributed by atoms with Crippen LogP contribution in [0.25, 0.3) is 0 Å². The van der Waals surface area contributed by atoms with Crippen LogP contribution < -0.4 is 10.9 Å². The minimum atomic E-state index is -0.493. The van der Waals surface area contributed by atoms with Crippen LogP contribution in [-0.2, 0) is 16.8 Å². The summed E-state index contributed by atoms with van der Waals surface area (Å²) in [6.07, 6.45) is 3.33. The summed E-state index contributed by atoms with van der Waals surface area (Å²) in [5.74, 6) is 1.36. The lowest BCUT2D eigenvalue weighted by Gasteiger charge is -2.30. The van der Waals surface area contributed by atoms with Crippen LogP contribution in [-0.4, -0.2) is 23.6 Å². The van der Waals surface area contributed by atoms with Gasteiger partial charge in [0.2, 0.25) is 0 Å². The van der Waals surface area contributed by atoms with E-state index in [1.165, 1.54) is 0 Å². The first-order chi connectivity index (χ1) is 8.66. The number of aromatic nitrogens is 2. The van der Waals surface area contributed by atoms with Crippen molar-refractivity contribution in [3.05, 3.63) is 21.7 Å². The molecule has 0 saturated heterocycles. The van der Waals surface area contributed by atoms with E-state index in [-0.39, 0.29) is 5.56 Å². The summed E-state index contributed by atoms with van der Waals surface area (Å²) in [5, 5.41) is 3.20. The summed E-state index contributed by atoms with van der Waals surface area (Å²) in [5.41, 5.74) is 0.237. The number of fused-ring (bicyclic) bond motifs is 1. The van der Waals surface area contributed by atoms with E-state index in [2.05, 4.69) is 15.3 Å². The smallest absolute Gasteiger partial charge is 0.256 e. The molecule has 5 nitrogen and oxygen atoms in total. The highest BCUT2D eigenvalue weighted by Gasteiger charge is 2.32. The van der Waals surface area contributed by atoms with Crippen molar-refractivity contribution < 1.29 is 4.74 Å². The van der Waals surface area contributed by atoms with Gasteiger partial charge >= 0.3 is 0 Å². The van der Waals surface area contributed by atoms with Crippen molar-refractivity contribution in [3.8, 4) is 0 Å². The van der Waals surface area contributed by atoms with Crippen LogP contribution in [0.1, 0.15) is 44.5 Å². The lowest BCUT2D eigenvalue weighted by molar-refractivity contribution is -0.0292. The fourth-order valence-corrected chi connectivity index (χ4v) is 2.53. The summed E-state index contributed by atoms with van der Waals surface area (Å²) in [6.45, 7) is 4.96. The van der Waals surface area contributed by atoms with E-state index in [0.29, 0.717) is 5.82 Å². The molecule has 2 heterocycles. The van der Waals surface area contributed by atoms with Gasteiger partial charge in [0.15, 0.2) is 0 Å². The van der Waals surface area contributed by atoms with E-state index in [1.807, 2.05) is 13.8 Å². The van der Waals surface area contributed by atoms with Crippen LogP contribution in [0.3, 0.4) is 0 Å². The zero-order valence-electron chi connectivity index (χ0n) is 11.3. The minimum Gasteiger partial charge on any atom is -0.370 e. The molecule has 2 N–H and O–H groups in total. The number of nitrogens with one attached hydrogen (secondary N) is 2. The highest BCUT2D eigenvalue weighted by atomic mass is 16.5. The van der Waals surface area contributed by atoms with E-state index in [0.717, 1.165) is 43.6 Å². The van der Waals surface area contributed by atoms with Crippen molar-refractivity contribution in [3.63, 3.8) is 0 Å². The Labute approximate surface area is 107 Å². The first-order valence-electron chi connectivity index (χ1n) is 6.59. The van der Waals surface area contributed by atoms with Gasteiger partial charge in [0, 0.05) is 13.7 Å². The minimum absolute atomic E-state index is 0.0366. The molecular formula is C13H21N3O2. The molecule has 1 aliphatic heterocycles. The molecule has 1 aromatic rings. The number of methoxy groups -OCH3 is 1. The summed E-state index contributed by atoms with van der Waals surface area (Å²) >= 11 is 0. The Kier molecular flexibility index (Phi) is 3.71. The summed E-state index contributed by atoms with van der Waals surface area (Å²) in [6, 6.07) is 0. The van der Waals surface area contributed by atoms with Gasteiger partial charge in [-0.3, -0.25) is 4.79 Å². The molecule has 1 aliphatic rings. The molecule has 18 heavy (non-hydrogen) atoms. The maximum Gasteiger partial charge on any atom is 0.256 e. The normalized spacial score (nSPS) is 15.1. The standard InChI is InChI=1S/C13H21N3O2/c1-4-13(5-2,18-3)12-15-10-9(11(17)16-12)7-6-8-14-10/h4-8H2,1-3H3,(H2,14,15,16,17). The van der Waals surface area contributed by atoms with Crippen molar-refractivity contribution >= 4 is 5.82 Å². The topological polar surface area (TPSA) is 67.0 Å². The number of H-pyrrole nitrogens is 1. The van der Waals surface area contributed by atoms with Gasteiger partial charge in [-0.1, -0.05) is 13.8 Å². The number of hydrogen-bond acceptors (Lipinski definition) is 4. The average Bonchev–Trinajstić information content (AvgIpc) is 2.42. The van der Waals surface area contributed by atoms with Crippen molar-refractivity contribution in [1.82, 2.24) is 9.97 Å². The molecule has 0 radical (unpaired) electrons. The molecule has 0 unspecified atom stereocenters. The molecule has 0 bridgehead atoms.